The number of carbonyl (C=O) groups is 2. The molecule has 1 spiro atoms. The van der Waals surface area contributed by atoms with Gasteiger partial charge in [-0.3, -0.25) is 0 Å². The highest BCUT2D eigenvalue weighted by molar-refractivity contribution is 5.80. The standard InChI is InChI=1S/C15H23NO4/c1-13(2,3)20-12(19)16-15(8-5-11(17)18)9-14(10-15)6-4-7-14/h5,8H,4,6-7,9-10H2,1-3H3,(H,16,19)(H,17,18)/b8-5-. The number of alkyl carbamates (subject to hydrolysis) is 1. The van der Waals surface area contributed by atoms with Gasteiger partial charge in [0.1, 0.15) is 5.60 Å². The first-order valence-electron chi connectivity index (χ1n) is 7.07. The highest BCUT2D eigenvalue weighted by Crippen LogP contribution is 2.60. The number of carboxylic acids is 1. The molecule has 0 bridgehead atoms. The third-order valence-electron chi connectivity index (χ3n) is 4.09. The molecule has 20 heavy (non-hydrogen) atoms. The van der Waals surface area contributed by atoms with Gasteiger partial charge in [0.15, 0.2) is 0 Å². The van der Waals surface area contributed by atoms with E-state index in [0.29, 0.717) is 5.41 Å². The molecule has 0 radical (unpaired) electrons. The van der Waals surface area contributed by atoms with Crippen LogP contribution in [0.3, 0.4) is 0 Å². The fourth-order valence-electron chi connectivity index (χ4n) is 3.30. The Labute approximate surface area is 119 Å². The lowest BCUT2D eigenvalue weighted by Gasteiger charge is -2.60. The van der Waals surface area contributed by atoms with Crippen molar-refractivity contribution in [3.63, 3.8) is 0 Å². The van der Waals surface area contributed by atoms with Gasteiger partial charge in [0.05, 0.1) is 5.54 Å². The Morgan fingerprint density at radius 3 is 2.25 bits per heavy atom. The summed E-state index contributed by atoms with van der Waals surface area (Å²) < 4.78 is 5.26. The number of nitrogens with one attached hydrogen (secondary N) is 1. The maximum Gasteiger partial charge on any atom is 0.408 e. The first-order chi connectivity index (χ1) is 9.14. The summed E-state index contributed by atoms with van der Waals surface area (Å²) in [7, 11) is 0. The zero-order valence-corrected chi connectivity index (χ0v) is 12.4. The molecule has 2 fully saturated rings. The number of carboxylic acid groups (broad SMARTS) is 1. The largest absolute Gasteiger partial charge is 0.478 e. The van der Waals surface area contributed by atoms with E-state index in [-0.39, 0.29) is 0 Å². The van der Waals surface area contributed by atoms with Gasteiger partial charge in [-0.1, -0.05) is 12.5 Å². The van der Waals surface area contributed by atoms with Crippen LogP contribution in [-0.2, 0) is 9.53 Å². The number of hydrogen-bond acceptors (Lipinski definition) is 3. The number of hydrogen-bond donors (Lipinski definition) is 2. The number of amides is 1. The van der Waals surface area contributed by atoms with Crippen molar-refractivity contribution >= 4 is 12.1 Å². The van der Waals surface area contributed by atoms with Gasteiger partial charge >= 0.3 is 12.1 Å². The lowest BCUT2D eigenvalue weighted by atomic mass is 9.48. The van der Waals surface area contributed by atoms with E-state index in [9.17, 15) is 9.59 Å². The molecule has 0 atom stereocenters. The van der Waals surface area contributed by atoms with Crippen LogP contribution in [0.25, 0.3) is 0 Å². The van der Waals surface area contributed by atoms with Crippen molar-refractivity contribution in [2.45, 2.75) is 64.0 Å². The van der Waals surface area contributed by atoms with Crippen molar-refractivity contribution in [3.05, 3.63) is 12.2 Å². The van der Waals surface area contributed by atoms with Gasteiger partial charge < -0.3 is 15.2 Å². The van der Waals surface area contributed by atoms with E-state index in [4.69, 9.17) is 9.84 Å². The van der Waals surface area contributed by atoms with Crippen molar-refractivity contribution < 1.29 is 19.4 Å². The third-order valence-corrected chi connectivity index (χ3v) is 4.09. The minimum atomic E-state index is -0.995. The first-order valence-corrected chi connectivity index (χ1v) is 7.07. The second-order valence-corrected chi connectivity index (χ2v) is 7.16. The van der Waals surface area contributed by atoms with Crippen LogP contribution >= 0.6 is 0 Å². The molecule has 0 aliphatic heterocycles. The minimum Gasteiger partial charge on any atom is -0.478 e. The summed E-state index contributed by atoms with van der Waals surface area (Å²) in [6.07, 6.45) is 7.42. The highest BCUT2D eigenvalue weighted by atomic mass is 16.6. The molecule has 2 aliphatic carbocycles. The Morgan fingerprint density at radius 2 is 1.85 bits per heavy atom. The van der Waals surface area contributed by atoms with Gasteiger partial charge in [-0.25, -0.2) is 9.59 Å². The molecule has 2 rings (SSSR count). The zero-order chi connectivity index (χ0) is 15.0. The fraction of sp³-hybridized carbons (Fsp3) is 0.733. The fourth-order valence-corrected chi connectivity index (χ4v) is 3.30. The van der Waals surface area contributed by atoms with E-state index in [2.05, 4.69) is 5.32 Å². The molecule has 2 N–H and O–H groups in total. The summed E-state index contributed by atoms with van der Waals surface area (Å²) in [4.78, 5) is 22.6. The smallest absolute Gasteiger partial charge is 0.408 e. The van der Waals surface area contributed by atoms with Gasteiger partial charge in [0, 0.05) is 6.08 Å². The van der Waals surface area contributed by atoms with Crippen molar-refractivity contribution in [2.75, 3.05) is 0 Å². The molecule has 0 aromatic carbocycles. The number of ether oxygens (including phenoxy) is 1. The molecule has 112 valence electrons. The first kappa shape index (κ1) is 14.9. The van der Waals surface area contributed by atoms with Crippen molar-refractivity contribution in [3.8, 4) is 0 Å². The Balaban J connectivity index is 2.01. The lowest BCUT2D eigenvalue weighted by molar-refractivity contribution is -0.131. The van der Waals surface area contributed by atoms with E-state index in [1.54, 1.807) is 26.8 Å². The second kappa shape index (κ2) is 4.79. The van der Waals surface area contributed by atoms with Crippen LogP contribution < -0.4 is 5.32 Å². The number of rotatable bonds is 3. The van der Waals surface area contributed by atoms with E-state index in [1.165, 1.54) is 19.3 Å². The van der Waals surface area contributed by atoms with Crippen LogP contribution in [0.4, 0.5) is 4.79 Å². The van der Waals surface area contributed by atoms with Crippen LogP contribution in [0.1, 0.15) is 52.9 Å². The summed E-state index contributed by atoms with van der Waals surface area (Å²) in [5.74, 6) is -0.995. The van der Waals surface area contributed by atoms with Crippen LogP contribution in [0, 0.1) is 5.41 Å². The minimum absolute atomic E-state index is 0.317. The summed E-state index contributed by atoms with van der Waals surface area (Å²) in [6.45, 7) is 5.42. The molecule has 0 unspecified atom stereocenters. The lowest BCUT2D eigenvalue weighted by Crippen LogP contribution is -2.63. The molecule has 0 heterocycles. The van der Waals surface area contributed by atoms with Gasteiger partial charge in [0.2, 0.25) is 0 Å². The molecule has 1 amide bonds. The van der Waals surface area contributed by atoms with Gasteiger partial charge in [-0.15, -0.1) is 0 Å². The average molecular weight is 281 g/mol. The van der Waals surface area contributed by atoms with E-state index in [1.807, 2.05) is 0 Å². The Kier molecular flexibility index (Phi) is 3.56. The summed E-state index contributed by atoms with van der Waals surface area (Å²) in [5.41, 5.74) is -0.793. The van der Waals surface area contributed by atoms with Gasteiger partial charge in [0.25, 0.3) is 0 Å². The van der Waals surface area contributed by atoms with Crippen LogP contribution in [0.2, 0.25) is 0 Å². The van der Waals surface area contributed by atoms with Crippen LogP contribution in [0.5, 0.6) is 0 Å². The predicted octanol–water partition coefficient (Wildman–Crippen LogP) is 2.85. The van der Waals surface area contributed by atoms with Crippen molar-refractivity contribution in [2.24, 2.45) is 5.41 Å². The normalized spacial score (nSPS) is 22.9. The summed E-state index contributed by atoms with van der Waals surface area (Å²) in [5, 5.41) is 11.6. The Hall–Kier alpha value is -1.52. The summed E-state index contributed by atoms with van der Waals surface area (Å²) >= 11 is 0. The Morgan fingerprint density at radius 1 is 1.25 bits per heavy atom. The number of carbonyl (C=O) groups excluding carboxylic acids is 1. The van der Waals surface area contributed by atoms with Crippen LogP contribution in [-0.4, -0.2) is 28.3 Å². The Bertz CT molecular complexity index is 435. The van der Waals surface area contributed by atoms with Gasteiger partial charge in [-0.05, 0) is 51.9 Å². The van der Waals surface area contributed by atoms with E-state index < -0.39 is 23.2 Å². The quantitative estimate of drug-likeness (QED) is 0.780. The molecule has 0 aromatic heterocycles. The van der Waals surface area contributed by atoms with Crippen LogP contribution in [0.15, 0.2) is 12.2 Å². The molecule has 5 heteroatoms. The average Bonchev–Trinajstić information content (AvgIpc) is 2.15. The topological polar surface area (TPSA) is 75.6 Å². The SMILES string of the molecule is CC(C)(C)OC(=O)NC1(/C=C\C(=O)O)CC2(CCC2)C1. The molecule has 2 aliphatic rings. The molecule has 2 saturated carbocycles. The maximum absolute atomic E-state index is 11.9. The molecule has 0 saturated heterocycles. The van der Waals surface area contributed by atoms with Crippen molar-refractivity contribution in [1.82, 2.24) is 5.32 Å². The van der Waals surface area contributed by atoms with E-state index >= 15 is 0 Å². The highest BCUT2D eigenvalue weighted by Gasteiger charge is 2.56. The molecule has 5 nitrogen and oxygen atoms in total. The maximum atomic E-state index is 11.9. The molecule has 0 aromatic rings. The number of aliphatic carboxylic acids is 1. The van der Waals surface area contributed by atoms with Crippen molar-refractivity contribution in [1.29, 1.82) is 0 Å². The zero-order valence-electron chi connectivity index (χ0n) is 12.4. The molecular weight excluding hydrogens is 258 g/mol. The predicted molar refractivity (Wildman–Crippen MR) is 74.4 cm³/mol. The second-order valence-electron chi connectivity index (χ2n) is 7.16. The summed E-state index contributed by atoms with van der Waals surface area (Å²) in [6, 6.07) is 0. The monoisotopic (exact) mass is 281 g/mol. The van der Waals surface area contributed by atoms with E-state index in [0.717, 1.165) is 18.9 Å². The molecular formula is C15H23NO4. The third kappa shape index (κ3) is 3.32. The van der Waals surface area contributed by atoms with Gasteiger partial charge in [-0.2, -0.15) is 0 Å².